The number of anilines is 1. The summed E-state index contributed by atoms with van der Waals surface area (Å²) in [5, 5.41) is 5.45. The van der Waals surface area contributed by atoms with Crippen molar-refractivity contribution in [1.29, 1.82) is 0 Å². The molecule has 0 fully saturated rings. The summed E-state index contributed by atoms with van der Waals surface area (Å²) in [5.74, 6) is -0.279. The first kappa shape index (κ1) is 13.3. The molecule has 2 aromatic carbocycles. The highest BCUT2D eigenvalue weighted by atomic mass is 19.1. The summed E-state index contributed by atoms with van der Waals surface area (Å²) >= 11 is 0. The number of amides is 1. The summed E-state index contributed by atoms with van der Waals surface area (Å²) < 4.78 is 18.3. The van der Waals surface area contributed by atoms with Crippen molar-refractivity contribution in [2.24, 2.45) is 5.10 Å². The maximum atomic E-state index is 13.0. The molecule has 0 spiro atoms. The molecule has 106 valence electrons. The minimum atomic E-state index is -0.359. The van der Waals surface area contributed by atoms with Gasteiger partial charge in [-0.2, -0.15) is 5.01 Å². The van der Waals surface area contributed by atoms with E-state index in [0.29, 0.717) is 11.6 Å². The zero-order valence-corrected chi connectivity index (χ0v) is 11.4. The van der Waals surface area contributed by atoms with E-state index in [1.165, 1.54) is 29.3 Å². The molecule has 0 atom stereocenters. The fourth-order valence-electron chi connectivity index (χ4n) is 1.99. The Hall–Kier alpha value is -2.69. The Labute approximate surface area is 121 Å². The number of benzene rings is 2. The van der Waals surface area contributed by atoms with Crippen LogP contribution in [0.4, 0.5) is 10.1 Å². The largest absolute Gasteiger partial charge is 0.466 e. The number of rotatable bonds is 2. The van der Waals surface area contributed by atoms with Gasteiger partial charge in [-0.3, -0.25) is 4.79 Å². The first-order chi connectivity index (χ1) is 10.1. The number of carbonyl (C=O) groups is 1. The molecule has 1 amide bonds. The van der Waals surface area contributed by atoms with Gasteiger partial charge < -0.3 is 4.74 Å². The van der Waals surface area contributed by atoms with Crippen molar-refractivity contribution in [2.45, 2.75) is 6.92 Å². The first-order valence-electron chi connectivity index (χ1n) is 6.50. The van der Waals surface area contributed by atoms with Crippen molar-refractivity contribution < 1.29 is 13.9 Å². The van der Waals surface area contributed by atoms with Crippen molar-refractivity contribution in [1.82, 2.24) is 0 Å². The Morgan fingerprint density at radius 2 is 1.76 bits per heavy atom. The van der Waals surface area contributed by atoms with E-state index in [1.807, 2.05) is 31.2 Å². The molecule has 1 aliphatic heterocycles. The monoisotopic (exact) mass is 284 g/mol. The predicted molar refractivity (Wildman–Crippen MR) is 77.6 cm³/mol. The number of halogens is 1. The predicted octanol–water partition coefficient (Wildman–Crippen LogP) is 2.86. The standard InChI is InChI=1S/C16H13FN2O2/c1-11-2-4-12(5-3-11)16-18-19(15(20)10-21-16)14-8-6-13(17)7-9-14/h2-9H,10H2,1H3. The highest BCUT2D eigenvalue weighted by Gasteiger charge is 2.23. The van der Waals surface area contributed by atoms with Crippen LogP contribution >= 0.6 is 0 Å². The van der Waals surface area contributed by atoms with E-state index < -0.39 is 0 Å². The van der Waals surface area contributed by atoms with Crippen molar-refractivity contribution in [3.05, 3.63) is 65.5 Å². The van der Waals surface area contributed by atoms with Crippen LogP contribution < -0.4 is 5.01 Å². The number of hydrazone groups is 1. The lowest BCUT2D eigenvalue weighted by Gasteiger charge is -2.23. The Morgan fingerprint density at radius 1 is 1.10 bits per heavy atom. The Morgan fingerprint density at radius 3 is 2.43 bits per heavy atom. The molecule has 0 unspecified atom stereocenters. The van der Waals surface area contributed by atoms with E-state index >= 15 is 0 Å². The molecule has 4 nitrogen and oxygen atoms in total. The Bertz CT molecular complexity index is 693. The fraction of sp³-hybridized carbons (Fsp3) is 0.125. The second-order valence-corrected chi connectivity index (χ2v) is 4.74. The van der Waals surface area contributed by atoms with Crippen LogP contribution in [-0.2, 0) is 9.53 Å². The average molecular weight is 284 g/mol. The maximum absolute atomic E-state index is 13.0. The smallest absolute Gasteiger partial charge is 0.285 e. The molecule has 0 bridgehead atoms. The second kappa shape index (κ2) is 5.36. The van der Waals surface area contributed by atoms with Gasteiger partial charge in [-0.25, -0.2) is 4.39 Å². The third-order valence-electron chi connectivity index (χ3n) is 3.13. The lowest BCUT2D eigenvalue weighted by molar-refractivity contribution is -0.121. The normalized spacial score (nSPS) is 14.7. The fourth-order valence-corrected chi connectivity index (χ4v) is 1.99. The molecule has 0 radical (unpaired) electrons. The summed E-state index contributed by atoms with van der Waals surface area (Å²) in [7, 11) is 0. The molecule has 0 N–H and O–H groups in total. The van der Waals surface area contributed by atoms with Gasteiger partial charge in [0.2, 0.25) is 5.90 Å². The third-order valence-corrected chi connectivity index (χ3v) is 3.13. The maximum Gasteiger partial charge on any atom is 0.285 e. The number of nitrogens with zero attached hydrogens (tertiary/aromatic N) is 2. The zero-order valence-electron chi connectivity index (χ0n) is 11.4. The van der Waals surface area contributed by atoms with E-state index in [9.17, 15) is 9.18 Å². The highest BCUT2D eigenvalue weighted by Crippen LogP contribution is 2.19. The Kier molecular flexibility index (Phi) is 3.39. The lowest BCUT2D eigenvalue weighted by Crippen LogP contribution is -2.36. The number of ether oxygens (including phenoxy) is 1. The van der Waals surface area contributed by atoms with E-state index in [1.54, 1.807) is 0 Å². The highest BCUT2D eigenvalue weighted by molar-refractivity contribution is 6.04. The van der Waals surface area contributed by atoms with E-state index in [0.717, 1.165) is 11.1 Å². The SMILES string of the molecule is Cc1ccc(C2=NN(c3ccc(F)cc3)C(=O)CO2)cc1. The van der Waals surface area contributed by atoms with Crippen LogP contribution in [0.2, 0.25) is 0 Å². The minimum Gasteiger partial charge on any atom is -0.466 e. The van der Waals surface area contributed by atoms with Gasteiger partial charge >= 0.3 is 0 Å². The summed E-state index contributed by atoms with van der Waals surface area (Å²) in [6.45, 7) is 1.89. The van der Waals surface area contributed by atoms with E-state index in [2.05, 4.69) is 5.10 Å². The minimum absolute atomic E-state index is 0.0932. The van der Waals surface area contributed by atoms with Gasteiger partial charge in [-0.15, -0.1) is 5.10 Å². The van der Waals surface area contributed by atoms with Crippen LogP contribution in [-0.4, -0.2) is 18.4 Å². The zero-order chi connectivity index (χ0) is 14.8. The van der Waals surface area contributed by atoms with Gasteiger partial charge in [-0.05, 0) is 43.3 Å². The van der Waals surface area contributed by atoms with E-state index in [4.69, 9.17) is 4.74 Å². The number of hydrogen-bond donors (Lipinski definition) is 0. The second-order valence-electron chi connectivity index (χ2n) is 4.74. The molecule has 0 saturated heterocycles. The van der Waals surface area contributed by atoms with Crippen molar-refractivity contribution >= 4 is 17.5 Å². The number of aryl methyl sites for hydroxylation is 1. The molecule has 5 heteroatoms. The number of carbonyl (C=O) groups excluding carboxylic acids is 1. The van der Waals surface area contributed by atoms with Gasteiger partial charge in [-0.1, -0.05) is 17.7 Å². The molecular formula is C16H13FN2O2. The van der Waals surface area contributed by atoms with Crippen molar-refractivity contribution in [3.8, 4) is 0 Å². The lowest BCUT2D eigenvalue weighted by atomic mass is 10.1. The van der Waals surface area contributed by atoms with Crippen LogP contribution in [0.5, 0.6) is 0 Å². The summed E-state index contributed by atoms with van der Waals surface area (Å²) in [6.07, 6.45) is 0. The summed E-state index contributed by atoms with van der Waals surface area (Å²) in [4.78, 5) is 11.9. The molecule has 2 aromatic rings. The van der Waals surface area contributed by atoms with Gasteiger partial charge in [0.05, 0.1) is 5.69 Å². The summed E-state index contributed by atoms with van der Waals surface area (Å²) in [6, 6.07) is 13.3. The first-order valence-corrected chi connectivity index (χ1v) is 6.50. The van der Waals surface area contributed by atoms with Crippen LogP contribution in [0, 0.1) is 12.7 Å². The van der Waals surface area contributed by atoms with Gasteiger partial charge in [0.1, 0.15) is 5.82 Å². The van der Waals surface area contributed by atoms with E-state index in [-0.39, 0.29) is 18.3 Å². The molecule has 0 aliphatic carbocycles. The van der Waals surface area contributed by atoms with Crippen LogP contribution in [0.25, 0.3) is 0 Å². The molecule has 3 rings (SSSR count). The van der Waals surface area contributed by atoms with Crippen LogP contribution in [0.1, 0.15) is 11.1 Å². The molecule has 0 saturated carbocycles. The van der Waals surface area contributed by atoms with Crippen LogP contribution in [0.3, 0.4) is 0 Å². The molecule has 21 heavy (non-hydrogen) atoms. The third kappa shape index (κ3) is 2.76. The Balaban J connectivity index is 1.96. The molecule has 0 aromatic heterocycles. The van der Waals surface area contributed by atoms with Gasteiger partial charge in [0.25, 0.3) is 5.91 Å². The average Bonchev–Trinajstić information content (AvgIpc) is 2.50. The molecule has 1 aliphatic rings. The summed E-state index contributed by atoms with van der Waals surface area (Å²) in [5.41, 5.74) is 2.43. The molecule has 1 heterocycles. The van der Waals surface area contributed by atoms with Crippen LogP contribution in [0.15, 0.2) is 53.6 Å². The quantitative estimate of drug-likeness (QED) is 0.851. The van der Waals surface area contributed by atoms with Gasteiger partial charge in [0, 0.05) is 5.56 Å². The molecular weight excluding hydrogens is 271 g/mol. The van der Waals surface area contributed by atoms with Crippen molar-refractivity contribution in [3.63, 3.8) is 0 Å². The number of hydrogen-bond acceptors (Lipinski definition) is 3. The van der Waals surface area contributed by atoms with Gasteiger partial charge in [0.15, 0.2) is 6.61 Å². The van der Waals surface area contributed by atoms with Crippen molar-refractivity contribution in [2.75, 3.05) is 11.6 Å². The topological polar surface area (TPSA) is 41.9 Å².